The maximum absolute atomic E-state index is 12.5. The Bertz CT molecular complexity index is 704. The summed E-state index contributed by atoms with van der Waals surface area (Å²) >= 11 is 0. The van der Waals surface area contributed by atoms with Crippen molar-refractivity contribution in [2.75, 3.05) is 19.7 Å². The van der Waals surface area contributed by atoms with E-state index in [4.69, 9.17) is 9.39 Å². The Morgan fingerprint density at radius 3 is 2.81 bits per heavy atom. The van der Waals surface area contributed by atoms with Gasteiger partial charge in [0.05, 0.1) is 12.6 Å². The van der Waals surface area contributed by atoms with Crippen LogP contribution in [0.2, 0.25) is 0 Å². The van der Waals surface area contributed by atoms with Crippen LogP contribution in [0.5, 0.6) is 0 Å². The van der Waals surface area contributed by atoms with Crippen LogP contribution in [0.4, 0.5) is 4.79 Å². The van der Waals surface area contributed by atoms with E-state index in [1.807, 2.05) is 0 Å². The molecule has 0 aromatic carbocycles. The highest BCUT2D eigenvalue weighted by Gasteiger charge is 2.65. The van der Waals surface area contributed by atoms with Gasteiger partial charge in [-0.1, -0.05) is 0 Å². The van der Waals surface area contributed by atoms with Crippen molar-refractivity contribution < 1.29 is 31.7 Å². The smallest absolute Gasteiger partial charge is 0.312 e. The first-order valence-corrected chi connectivity index (χ1v) is 10.1. The Kier molecular flexibility index (Phi) is 4.34. The van der Waals surface area contributed by atoms with Gasteiger partial charge in [0.1, 0.15) is 6.04 Å². The predicted molar refractivity (Wildman–Crippen MR) is 85.6 cm³/mol. The fourth-order valence-corrected chi connectivity index (χ4v) is 4.60. The molecular formula is C14H22N4O7S. The average Bonchev–Trinajstić information content (AvgIpc) is 3.02. The molecule has 3 N–H and O–H groups in total. The lowest BCUT2D eigenvalue weighted by molar-refractivity contribution is -0.140. The maximum Gasteiger partial charge on any atom is 0.418 e. The molecule has 3 saturated heterocycles. The highest BCUT2D eigenvalue weighted by molar-refractivity contribution is 7.80. The fourth-order valence-electron chi connectivity index (χ4n) is 4.23. The monoisotopic (exact) mass is 390 g/mol. The number of hydrogen-bond donors (Lipinski definition) is 3. The van der Waals surface area contributed by atoms with E-state index in [0.717, 1.165) is 32.2 Å². The molecule has 1 aliphatic carbocycles. The third-order valence-electron chi connectivity index (χ3n) is 5.76. The van der Waals surface area contributed by atoms with Crippen molar-refractivity contribution in [1.29, 1.82) is 0 Å². The number of piperidine rings is 1. The van der Waals surface area contributed by atoms with Crippen LogP contribution in [0.25, 0.3) is 0 Å². The van der Waals surface area contributed by atoms with Gasteiger partial charge < -0.3 is 10.2 Å². The third-order valence-corrected chi connectivity index (χ3v) is 6.11. The van der Waals surface area contributed by atoms with Crippen LogP contribution >= 0.6 is 0 Å². The summed E-state index contributed by atoms with van der Waals surface area (Å²) in [6, 6.07) is -1.79. The van der Waals surface area contributed by atoms with Gasteiger partial charge in [-0.3, -0.25) is 14.2 Å². The van der Waals surface area contributed by atoms with Gasteiger partial charge in [0.2, 0.25) is 0 Å². The van der Waals surface area contributed by atoms with Gasteiger partial charge in [0.25, 0.3) is 5.91 Å². The molecule has 0 aromatic heterocycles. The molecule has 4 rings (SSSR count). The average molecular weight is 390 g/mol. The zero-order chi connectivity index (χ0) is 18.5. The minimum Gasteiger partial charge on any atom is -0.312 e. The van der Waals surface area contributed by atoms with Crippen molar-refractivity contribution in [3.63, 3.8) is 0 Å². The Morgan fingerprint density at radius 2 is 2.19 bits per heavy atom. The number of hydrogen-bond acceptors (Lipinski definition) is 7. The summed E-state index contributed by atoms with van der Waals surface area (Å²) in [4.78, 5) is 31.6. The first-order chi connectivity index (χ1) is 12.3. The molecule has 4 fully saturated rings. The normalized spacial score (nSPS) is 32.3. The van der Waals surface area contributed by atoms with Gasteiger partial charge in [-0.15, -0.1) is 4.28 Å². The molecule has 26 heavy (non-hydrogen) atoms. The molecule has 3 atom stereocenters. The quantitative estimate of drug-likeness (QED) is 0.395. The van der Waals surface area contributed by atoms with Crippen LogP contribution in [-0.2, 0) is 24.3 Å². The van der Waals surface area contributed by atoms with E-state index in [1.54, 1.807) is 0 Å². The number of carbonyl (C=O) groups is 2. The Morgan fingerprint density at radius 1 is 1.42 bits per heavy atom. The Labute approximate surface area is 150 Å². The van der Waals surface area contributed by atoms with Crippen LogP contribution in [0.15, 0.2) is 0 Å². The molecule has 0 aromatic rings. The van der Waals surface area contributed by atoms with Crippen molar-refractivity contribution in [2.45, 2.75) is 50.2 Å². The highest BCUT2D eigenvalue weighted by Crippen LogP contribution is 2.59. The van der Waals surface area contributed by atoms with E-state index in [-0.39, 0.29) is 18.0 Å². The van der Waals surface area contributed by atoms with E-state index in [2.05, 4.69) is 15.1 Å². The van der Waals surface area contributed by atoms with E-state index in [1.165, 1.54) is 4.90 Å². The molecule has 1 spiro atoms. The summed E-state index contributed by atoms with van der Waals surface area (Å²) in [6.45, 7) is 1.45. The summed E-state index contributed by atoms with van der Waals surface area (Å²) < 4.78 is 35.5. The summed E-state index contributed by atoms with van der Waals surface area (Å²) in [7, 11) is -4.82. The second kappa shape index (κ2) is 6.30. The number of carbonyl (C=O) groups excluding carboxylic acids is 2. The molecule has 11 nitrogen and oxygen atoms in total. The SMILES string of the molecule is O=C(NOCC1CCCN1)[C@@H]1CC2(CC2)[C@@H]2CN1C(=O)N2OS(=O)(=O)O. The maximum atomic E-state index is 12.5. The van der Waals surface area contributed by atoms with E-state index < -0.39 is 34.4 Å². The first-order valence-electron chi connectivity index (χ1n) is 8.71. The van der Waals surface area contributed by atoms with Gasteiger partial charge in [-0.05, 0) is 44.1 Å². The molecular weight excluding hydrogens is 368 g/mol. The van der Waals surface area contributed by atoms with Crippen LogP contribution in [0.3, 0.4) is 0 Å². The summed E-state index contributed by atoms with van der Waals surface area (Å²) in [5.74, 6) is -0.435. The molecule has 3 amide bonds. The van der Waals surface area contributed by atoms with Crippen molar-refractivity contribution in [2.24, 2.45) is 5.41 Å². The van der Waals surface area contributed by atoms with Crippen molar-refractivity contribution in [1.82, 2.24) is 20.8 Å². The Hall–Kier alpha value is -1.47. The van der Waals surface area contributed by atoms with Gasteiger partial charge in [0, 0.05) is 12.6 Å². The number of rotatable bonds is 6. The van der Waals surface area contributed by atoms with Crippen molar-refractivity contribution >= 4 is 22.3 Å². The van der Waals surface area contributed by atoms with Crippen LogP contribution in [0.1, 0.15) is 32.1 Å². The second-order valence-electron chi connectivity index (χ2n) is 7.43. The van der Waals surface area contributed by atoms with Crippen LogP contribution in [-0.4, -0.2) is 72.7 Å². The largest absolute Gasteiger partial charge is 0.418 e. The zero-order valence-corrected chi connectivity index (χ0v) is 14.9. The Balaban J connectivity index is 1.42. The van der Waals surface area contributed by atoms with Crippen molar-refractivity contribution in [3.05, 3.63) is 0 Å². The van der Waals surface area contributed by atoms with Gasteiger partial charge in [0.15, 0.2) is 0 Å². The topological polar surface area (TPSA) is 138 Å². The molecule has 2 bridgehead atoms. The number of nitrogens with one attached hydrogen (secondary N) is 2. The predicted octanol–water partition coefficient (Wildman–Crippen LogP) is -0.821. The van der Waals surface area contributed by atoms with Crippen LogP contribution < -0.4 is 10.8 Å². The molecule has 1 saturated carbocycles. The highest BCUT2D eigenvalue weighted by atomic mass is 32.3. The third kappa shape index (κ3) is 3.27. The van der Waals surface area contributed by atoms with Crippen LogP contribution in [0, 0.1) is 5.41 Å². The minimum absolute atomic E-state index is 0.177. The first kappa shape index (κ1) is 17.9. The van der Waals surface area contributed by atoms with Gasteiger partial charge in [-0.2, -0.15) is 13.5 Å². The summed E-state index contributed by atoms with van der Waals surface area (Å²) in [5.41, 5.74) is 2.05. The van der Waals surface area contributed by atoms with E-state index in [0.29, 0.717) is 18.1 Å². The fraction of sp³-hybridized carbons (Fsp3) is 0.857. The zero-order valence-electron chi connectivity index (χ0n) is 14.1. The molecule has 0 radical (unpaired) electrons. The lowest BCUT2D eigenvalue weighted by atomic mass is 9.85. The molecule has 3 heterocycles. The lowest BCUT2D eigenvalue weighted by Gasteiger charge is -2.35. The molecule has 3 aliphatic heterocycles. The lowest BCUT2D eigenvalue weighted by Crippen LogP contribution is -2.53. The number of nitrogens with zero attached hydrogens (tertiary/aromatic N) is 2. The summed E-state index contributed by atoms with van der Waals surface area (Å²) in [6.07, 6.45) is 3.99. The summed E-state index contributed by atoms with van der Waals surface area (Å²) in [5, 5.41) is 3.94. The molecule has 1 unspecified atom stereocenters. The number of hydroxylamine groups is 3. The van der Waals surface area contributed by atoms with E-state index in [9.17, 15) is 18.0 Å². The van der Waals surface area contributed by atoms with Gasteiger partial charge in [-0.25, -0.2) is 10.3 Å². The number of amides is 3. The number of fused-ring (bicyclic) bond motifs is 3. The minimum atomic E-state index is -4.82. The number of urea groups is 1. The van der Waals surface area contributed by atoms with Crippen molar-refractivity contribution in [3.8, 4) is 0 Å². The molecule has 4 aliphatic rings. The standard InChI is InChI=1S/C14H22N4O7S/c19-12(16-24-8-9-2-1-5-15-9)10-6-14(3-4-14)11-7-17(10)13(20)18(11)25-26(21,22)23/h9-11,15H,1-8H2,(H,16,19)(H,21,22,23)/t9?,10-,11-/m0/s1. The van der Waals surface area contributed by atoms with Gasteiger partial charge >= 0.3 is 16.4 Å². The molecule has 12 heteroatoms. The van der Waals surface area contributed by atoms with E-state index >= 15 is 0 Å². The second-order valence-corrected chi connectivity index (χ2v) is 8.44. The molecule has 146 valence electrons.